The van der Waals surface area contributed by atoms with Gasteiger partial charge in [0.1, 0.15) is 5.69 Å². The van der Waals surface area contributed by atoms with Gasteiger partial charge in [0, 0.05) is 23.7 Å². The highest BCUT2D eigenvalue weighted by atomic mass is 16.1. The fourth-order valence-electron chi connectivity index (χ4n) is 1.29. The van der Waals surface area contributed by atoms with Crippen LogP contribution < -0.4 is 0 Å². The van der Waals surface area contributed by atoms with Gasteiger partial charge < -0.3 is 0 Å². The first kappa shape index (κ1) is 9.45. The number of carbonyl (C=O) groups is 1. The molecule has 0 saturated heterocycles. The van der Waals surface area contributed by atoms with Gasteiger partial charge in [-0.15, -0.1) is 0 Å². The summed E-state index contributed by atoms with van der Waals surface area (Å²) < 4.78 is 0. The molecular formula is C11H9N3O. The topological polar surface area (TPSA) is 55.7 Å². The van der Waals surface area contributed by atoms with Gasteiger partial charge in [-0.1, -0.05) is 0 Å². The van der Waals surface area contributed by atoms with E-state index in [1.807, 2.05) is 13.0 Å². The number of hydrogen-bond acceptors (Lipinski definition) is 4. The Bertz CT molecular complexity index is 482. The number of aldehydes is 1. The van der Waals surface area contributed by atoms with Gasteiger partial charge in [-0.25, -0.2) is 15.0 Å². The number of rotatable bonds is 2. The second-order valence-electron chi connectivity index (χ2n) is 3.08. The van der Waals surface area contributed by atoms with Crippen LogP contribution in [0.1, 0.15) is 16.2 Å². The van der Waals surface area contributed by atoms with Crippen LogP contribution in [0.15, 0.2) is 30.6 Å². The molecule has 0 bridgehead atoms. The van der Waals surface area contributed by atoms with E-state index in [0.717, 1.165) is 12.0 Å². The standard InChI is InChI=1S/C11H9N3O/c1-8-3-4-9(10(7-15)14-8)11-12-5-2-6-13-11/h2-7H,1H3. The van der Waals surface area contributed by atoms with Gasteiger partial charge in [-0.2, -0.15) is 0 Å². The molecule has 0 aromatic carbocycles. The SMILES string of the molecule is Cc1ccc(-c2ncccn2)c(C=O)n1. The lowest BCUT2D eigenvalue weighted by Gasteiger charge is -2.02. The zero-order valence-corrected chi connectivity index (χ0v) is 8.21. The van der Waals surface area contributed by atoms with Crippen molar-refractivity contribution in [3.05, 3.63) is 42.0 Å². The summed E-state index contributed by atoms with van der Waals surface area (Å²) in [6, 6.07) is 5.37. The normalized spacial score (nSPS) is 9.93. The van der Waals surface area contributed by atoms with Gasteiger partial charge in [-0.3, -0.25) is 4.79 Å². The van der Waals surface area contributed by atoms with Crippen molar-refractivity contribution < 1.29 is 4.79 Å². The maximum Gasteiger partial charge on any atom is 0.169 e. The van der Waals surface area contributed by atoms with Crippen LogP contribution in [0.25, 0.3) is 11.4 Å². The summed E-state index contributed by atoms with van der Waals surface area (Å²) in [5.74, 6) is 0.520. The second-order valence-corrected chi connectivity index (χ2v) is 3.08. The van der Waals surface area contributed by atoms with Crippen LogP contribution in [-0.4, -0.2) is 21.2 Å². The predicted molar refractivity (Wildman–Crippen MR) is 55.4 cm³/mol. The van der Waals surface area contributed by atoms with Crippen LogP contribution in [0, 0.1) is 6.92 Å². The first-order chi connectivity index (χ1) is 7.31. The Labute approximate surface area is 87.0 Å². The Balaban J connectivity index is 2.58. The third-order valence-electron chi connectivity index (χ3n) is 1.98. The number of pyridine rings is 1. The highest BCUT2D eigenvalue weighted by molar-refractivity contribution is 5.83. The van der Waals surface area contributed by atoms with Gasteiger partial charge in [0.2, 0.25) is 0 Å². The maximum atomic E-state index is 10.8. The average molecular weight is 199 g/mol. The smallest absolute Gasteiger partial charge is 0.169 e. The highest BCUT2D eigenvalue weighted by Gasteiger charge is 2.07. The summed E-state index contributed by atoms with van der Waals surface area (Å²) >= 11 is 0. The molecule has 0 amide bonds. The van der Waals surface area contributed by atoms with Gasteiger partial charge in [-0.05, 0) is 25.1 Å². The number of carbonyl (C=O) groups excluding carboxylic acids is 1. The zero-order chi connectivity index (χ0) is 10.7. The lowest BCUT2D eigenvalue weighted by atomic mass is 10.1. The van der Waals surface area contributed by atoms with E-state index in [0.29, 0.717) is 17.1 Å². The molecule has 2 rings (SSSR count). The van der Waals surface area contributed by atoms with Crippen LogP contribution in [0.3, 0.4) is 0 Å². The fraction of sp³-hybridized carbons (Fsp3) is 0.0909. The number of aryl methyl sites for hydroxylation is 1. The van der Waals surface area contributed by atoms with Crippen molar-refractivity contribution in [2.75, 3.05) is 0 Å². The van der Waals surface area contributed by atoms with Crippen LogP contribution in [-0.2, 0) is 0 Å². The minimum atomic E-state index is 0.376. The van der Waals surface area contributed by atoms with Gasteiger partial charge in [0.25, 0.3) is 0 Å². The van der Waals surface area contributed by atoms with Crippen LogP contribution in [0.5, 0.6) is 0 Å². The maximum absolute atomic E-state index is 10.8. The molecule has 2 aromatic heterocycles. The van der Waals surface area contributed by atoms with Gasteiger partial charge >= 0.3 is 0 Å². The van der Waals surface area contributed by atoms with Crippen molar-refractivity contribution in [3.63, 3.8) is 0 Å². The molecular weight excluding hydrogens is 190 g/mol. The van der Waals surface area contributed by atoms with Crippen molar-refractivity contribution >= 4 is 6.29 Å². The van der Waals surface area contributed by atoms with Crippen LogP contribution in [0.4, 0.5) is 0 Å². The molecule has 0 radical (unpaired) electrons. The van der Waals surface area contributed by atoms with E-state index in [-0.39, 0.29) is 0 Å². The molecule has 15 heavy (non-hydrogen) atoms. The number of hydrogen-bond donors (Lipinski definition) is 0. The predicted octanol–water partition coefficient (Wildman–Crippen LogP) is 1.66. The Morgan fingerprint density at radius 1 is 1.20 bits per heavy atom. The minimum Gasteiger partial charge on any atom is -0.296 e. The summed E-state index contributed by atoms with van der Waals surface area (Å²) in [7, 11) is 0. The zero-order valence-electron chi connectivity index (χ0n) is 8.21. The Hall–Kier alpha value is -2.10. The number of aromatic nitrogens is 3. The molecule has 0 atom stereocenters. The molecule has 2 heterocycles. The van der Waals surface area contributed by atoms with E-state index in [1.54, 1.807) is 24.5 Å². The quantitative estimate of drug-likeness (QED) is 0.690. The molecule has 0 aliphatic heterocycles. The van der Waals surface area contributed by atoms with Crippen molar-refractivity contribution in [2.45, 2.75) is 6.92 Å². The molecule has 0 aliphatic carbocycles. The van der Waals surface area contributed by atoms with Crippen LogP contribution >= 0.6 is 0 Å². The third-order valence-corrected chi connectivity index (χ3v) is 1.98. The third kappa shape index (κ3) is 1.88. The van der Waals surface area contributed by atoms with E-state index >= 15 is 0 Å². The van der Waals surface area contributed by atoms with E-state index in [4.69, 9.17) is 0 Å². The molecule has 0 unspecified atom stereocenters. The largest absolute Gasteiger partial charge is 0.296 e. The van der Waals surface area contributed by atoms with Gasteiger partial charge in [0.05, 0.1) is 0 Å². The number of nitrogens with zero attached hydrogens (tertiary/aromatic N) is 3. The van der Waals surface area contributed by atoms with Crippen molar-refractivity contribution in [1.29, 1.82) is 0 Å². The average Bonchev–Trinajstić information content (AvgIpc) is 2.30. The Morgan fingerprint density at radius 2 is 1.93 bits per heavy atom. The van der Waals surface area contributed by atoms with E-state index < -0.39 is 0 Å². The second kappa shape index (κ2) is 3.96. The summed E-state index contributed by atoms with van der Waals surface area (Å²) in [6.07, 6.45) is 3.99. The van der Waals surface area contributed by atoms with Gasteiger partial charge in [0.15, 0.2) is 12.1 Å². The summed E-state index contributed by atoms with van der Waals surface area (Å²) in [5.41, 5.74) is 1.84. The van der Waals surface area contributed by atoms with E-state index in [1.165, 1.54) is 0 Å². The molecule has 0 fully saturated rings. The van der Waals surface area contributed by atoms with Crippen LogP contribution in [0.2, 0.25) is 0 Å². The molecule has 0 spiro atoms. The fourth-order valence-corrected chi connectivity index (χ4v) is 1.29. The molecule has 0 saturated carbocycles. The molecule has 4 nitrogen and oxygen atoms in total. The Kier molecular flexibility index (Phi) is 2.49. The monoisotopic (exact) mass is 199 g/mol. The van der Waals surface area contributed by atoms with E-state index in [2.05, 4.69) is 15.0 Å². The summed E-state index contributed by atoms with van der Waals surface area (Å²) in [6.45, 7) is 1.84. The Morgan fingerprint density at radius 3 is 2.60 bits per heavy atom. The lowest BCUT2D eigenvalue weighted by Crippen LogP contribution is -1.97. The highest BCUT2D eigenvalue weighted by Crippen LogP contribution is 2.16. The summed E-state index contributed by atoms with van der Waals surface area (Å²) in [5, 5.41) is 0. The van der Waals surface area contributed by atoms with Crippen molar-refractivity contribution in [3.8, 4) is 11.4 Å². The van der Waals surface area contributed by atoms with E-state index in [9.17, 15) is 4.79 Å². The minimum absolute atomic E-state index is 0.376. The molecule has 2 aromatic rings. The molecule has 4 heteroatoms. The first-order valence-electron chi connectivity index (χ1n) is 4.51. The molecule has 74 valence electrons. The molecule has 0 aliphatic rings. The van der Waals surface area contributed by atoms with Crippen molar-refractivity contribution in [2.24, 2.45) is 0 Å². The molecule has 0 N–H and O–H groups in total. The van der Waals surface area contributed by atoms with Crippen molar-refractivity contribution in [1.82, 2.24) is 15.0 Å². The lowest BCUT2D eigenvalue weighted by molar-refractivity contribution is 0.111. The summed E-state index contributed by atoms with van der Waals surface area (Å²) in [4.78, 5) is 23.1. The first-order valence-corrected chi connectivity index (χ1v) is 4.51.